The summed E-state index contributed by atoms with van der Waals surface area (Å²) in [4.78, 5) is 2.33. The summed E-state index contributed by atoms with van der Waals surface area (Å²) in [6, 6.07) is 33.0. The molecule has 0 saturated heterocycles. The maximum Gasteiger partial charge on any atom is 0.165 e. The second kappa shape index (κ2) is 9.68. The Balaban J connectivity index is 1.74. The third-order valence-corrected chi connectivity index (χ3v) is 6.94. The topological polar surface area (TPSA) is 32.7 Å². The minimum absolute atomic E-state index is 0.223. The van der Waals surface area contributed by atoms with E-state index in [9.17, 15) is 5.11 Å². The summed E-state index contributed by atoms with van der Waals surface area (Å²) in [7, 11) is 1.91. The van der Waals surface area contributed by atoms with Crippen LogP contribution < -0.4 is 20.2 Å². The van der Waals surface area contributed by atoms with Crippen molar-refractivity contribution in [2.24, 2.45) is 0 Å². The van der Waals surface area contributed by atoms with Gasteiger partial charge in [0, 0.05) is 23.2 Å². The molecule has 3 nitrogen and oxygen atoms in total. The number of phenols is 1. The highest BCUT2D eigenvalue weighted by Gasteiger charge is 2.16. The van der Waals surface area contributed by atoms with Crippen LogP contribution in [0.5, 0.6) is 11.5 Å². The van der Waals surface area contributed by atoms with Crippen LogP contribution in [-0.2, 0) is 6.54 Å². The first-order valence-electron chi connectivity index (χ1n) is 10.3. The highest BCUT2D eigenvalue weighted by atomic mass is 31.1. The molecule has 4 heteroatoms. The van der Waals surface area contributed by atoms with Gasteiger partial charge < -0.3 is 14.7 Å². The number of anilines is 2. The van der Waals surface area contributed by atoms with E-state index in [1.165, 1.54) is 16.4 Å². The number of benzene rings is 4. The number of para-hydroxylation sites is 3. The SMILES string of the molecule is COc1cccc(Pc2c(C)cccc2CN(c2ccccc2)c2ccccc2)c1O. The van der Waals surface area contributed by atoms with Crippen LogP contribution in [0.3, 0.4) is 0 Å². The van der Waals surface area contributed by atoms with Crippen LogP contribution in [-0.4, -0.2) is 12.2 Å². The zero-order chi connectivity index (χ0) is 21.6. The van der Waals surface area contributed by atoms with E-state index in [0.29, 0.717) is 14.3 Å². The Kier molecular flexibility index (Phi) is 6.54. The molecule has 0 bridgehead atoms. The number of aryl methyl sites for hydroxylation is 1. The first-order chi connectivity index (χ1) is 15.2. The number of nitrogens with zero attached hydrogens (tertiary/aromatic N) is 1. The van der Waals surface area contributed by atoms with Gasteiger partial charge in [0.15, 0.2) is 11.5 Å². The molecule has 4 aromatic rings. The highest BCUT2D eigenvalue weighted by Crippen LogP contribution is 2.31. The maximum atomic E-state index is 10.6. The second-order valence-electron chi connectivity index (χ2n) is 7.35. The lowest BCUT2D eigenvalue weighted by Crippen LogP contribution is -2.22. The molecule has 0 amide bonds. The summed E-state index contributed by atoms with van der Waals surface area (Å²) >= 11 is 0. The lowest BCUT2D eigenvalue weighted by molar-refractivity contribution is 0.375. The third kappa shape index (κ3) is 4.73. The van der Waals surface area contributed by atoms with Gasteiger partial charge in [0.25, 0.3) is 0 Å². The van der Waals surface area contributed by atoms with E-state index in [-0.39, 0.29) is 5.75 Å². The van der Waals surface area contributed by atoms with Gasteiger partial charge in [-0.1, -0.05) is 75.3 Å². The van der Waals surface area contributed by atoms with Gasteiger partial charge in [-0.3, -0.25) is 0 Å². The van der Waals surface area contributed by atoms with E-state index >= 15 is 0 Å². The Bertz CT molecular complexity index is 1110. The summed E-state index contributed by atoms with van der Waals surface area (Å²) in [5.74, 6) is 0.732. The van der Waals surface area contributed by atoms with Crippen molar-refractivity contribution in [2.75, 3.05) is 12.0 Å². The summed E-state index contributed by atoms with van der Waals surface area (Å²) in [5, 5.41) is 12.8. The Morgan fingerprint density at radius 3 is 2.00 bits per heavy atom. The second-order valence-corrected chi connectivity index (χ2v) is 8.64. The van der Waals surface area contributed by atoms with Crippen molar-refractivity contribution in [1.29, 1.82) is 0 Å². The molecule has 0 radical (unpaired) electrons. The molecular formula is C27H26NO2P. The molecule has 0 aliphatic heterocycles. The number of rotatable bonds is 7. The predicted octanol–water partition coefficient (Wildman–Crippen LogP) is 5.68. The zero-order valence-corrected chi connectivity index (χ0v) is 18.7. The molecule has 4 rings (SSSR count). The molecule has 1 N–H and O–H groups in total. The Morgan fingerprint density at radius 2 is 1.39 bits per heavy atom. The molecule has 0 aliphatic rings. The van der Waals surface area contributed by atoms with Gasteiger partial charge in [0.1, 0.15) is 0 Å². The standard InChI is InChI=1S/C27H26NO2P/c1-20-11-9-12-21(27(20)31-25-18-10-17-24(30-2)26(25)29)19-28(22-13-5-3-6-14-22)23-15-7-4-8-16-23/h3-18,29,31H,19H2,1-2H3. The molecule has 0 fully saturated rings. The Morgan fingerprint density at radius 1 is 0.774 bits per heavy atom. The van der Waals surface area contributed by atoms with Crippen molar-refractivity contribution in [3.8, 4) is 11.5 Å². The Labute approximate surface area is 185 Å². The van der Waals surface area contributed by atoms with Crippen molar-refractivity contribution in [1.82, 2.24) is 0 Å². The quantitative estimate of drug-likeness (QED) is 0.386. The van der Waals surface area contributed by atoms with Crippen molar-refractivity contribution in [3.05, 3.63) is 108 Å². The summed E-state index contributed by atoms with van der Waals surface area (Å²) < 4.78 is 5.31. The van der Waals surface area contributed by atoms with Crippen LogP contribution in [0, 0.1) is 6.92 Å². The molecule has 0 saturated carbocycles. The maximum absolute atomic E-state index is 10.6. The van der Waals surface area contributed by atoms with Gasteiger partial charge in [-0.25, -0.2) is 0 Å². The molecule has 0 aliphatic carbocycles. The number of methoxy groups -OCH3 is 1. The highest BCUT2D eigenvalue weighted by molar-refractivity contribution is 7.56. The summed E-state index contributed by atoms with van der Waals surface area (Å²) in [5.41, 5.74) is 4.76. The minimum atomic E-state index is 0.223. The molecule has 1 atom stereocenters. The molecule has 31 heavy (non-hydrogen) atoms. The first-order valence-corrected chi connectivity index (χ1v) is 11.3. The Hall–Kier alpha value is -3.29. The monoisotopic (exact) mass is 427 g/mol. The normalized spacial score (nSPS) is 11.0. The number of aromatic hydroxyl groups is 1. The predicted molar refractivity (Wildman–Crippen MR) is 132 cm³/mol. The number of phenolic OH excluding ortho intramolecular Hbond substituents is 1. The van der Waals surface area contributed by atoms with Crippen molar-refractivity contribution < 1.29 is 9.84 Å². The fourth-order valence-corrected chi connectivity index (χ4v) is 4.97. The largest absolute Gasteiger partial charge is 0.504 e. The van der Waals surface area contributed by atoms with E-state index in [0.717, 1.165) is 23.2 Å². The van der Waals surface area contributed by atoms with Crippen LogP contribution in [0.2, 0.25) is 0 Å². The minimum Gasteiger partial charge on any atom is -0.504 e. The van der Waals surface area contributed by atoms with Crippen LogP contribution in [0.1, 0.15) is 11.1 Å². The molecular weight excluding hydrogens is 401 g/mol. The van der Waals surface area contributed by atoms with E-state index in [1.807, 2.05) is 24.3 Å². The van der Waals surface area contributed by atoms with E-state index < -0.39 is 0 Å². The number of ether oxygens (including phenoxy) is 1. The lowest BCUT2D eigenvalue weighted by atomic mass is 10.1. The van der Waals surface area contributed by atoms with Gasteiger partial charge in [-0.15, -0.1) is 0 Å². The average molecular weight is 427 g/mol. The van der Waals surface area contributed by atoms with Gasteiger partial charge >= 0.3 is 0 Å². The molecule has 1 unspecified atom stereocenters. The van der Waals surface area contributed by atoms with E-state index in [1.54, 1.807) is 13.2 Å². The van der Waals surface area contributed by atoms with E-state index in [2.05, 4.69) is 78.6 Å². The average Bonchev–Trinajstić information content (AvgIpc) is 2.81. The third-order valence-electron chi connectivity index (χ3n) is 5.30. The molecule has 0 spiro atoms. The van der Waals surface area contributed by atoms with E-state index in [4.69, 9.17) is 4.74 Å². The molecule has 4 aromatic carbocycles. The zero-order valence-electron chi connectivity index (χ0n) is 17.7. The fourth-order valence-electron chi connectivity index (χ4n) is 3.68. The van der Waals surface area contributed by atoms with Crippen LogP contribution in [0.25, 0.3) is 0 Å². The van der Waals surface area contributed by atoms with Crippen LogP contribution in [0.15, 0.2) is 97.1 Å². The fraction of sp³-hybridized carbons (Fsp3) is 0.111. The van der Waals surface area contributed by atoms with Crippen LogP contribution in [0.4, 0.5) is 11.4 Å². The summed E-state index contributed by atoms with van der Waals surface area (Å²) in [6.07, 6.45) is 0. The van der Waals surface area contributed by atoms with Crippen LogP contribution >= 0.6 is 8.58 Å². The van der Waals surface area contributed by atoms with Crippen molar-refractivity contribution >= 4 is 30.6 Å². The number of hydrogen-bond acceptors (Lipinski definition) is 3. The number of hydrogen-bond donors (Lipinski definition) is 1. The first kappa shape index (κ1) is 21.0. The lowest BCUT2D eigenvalue weighted by Gasteiger charge is -2.27. The molecule has 0 aromatic heterocycles. The molecule has 156 valence electrons. The molecule has 0 heterocycles. The summed E-state index contributed by atoms with van der Waals surface area (Å²) in [6.45, 7) is 2.88. The van der Waals surface area contributed by atoms with Gasteiger partial charge in [-0.05, 0) is 53.7 Å². The van der Waals surface area contributed by atoms with Gasteiger partial charge in [0.2, 0.25) is 0 Å². The van der Waals surface area contributed by atoms with Gasteiger partial charge in [0.05, 0.1) is 7.11 Å². The van der Waals surface area contributed by atoms with Crippen molar-refractivity contribution in [3.63, 3.8) is 0 Å². The van der Waals surface area contributed by atoms with Gasteiger partial charge in [-0.2, -0.15) is 0 Å². The smallest absolute Gasteiger partial charge is 0.165 e. The van der Waals surface area contributed by atoms with Crippen molar-refractivity contribution in [2.45, 2.75) is 13.5 Å².